The van der Waals surface area contributed by atoms with Crippen molar-refractivity contribution in [1.29, 1.82) is 0 Å². The molecule has 0 spiro atoms. The number of H-pyrrole nitrogens is 1. The molecular weight excluding hydrogens is 405 g/mol. The van der Waals surface area contributed by atoms with E-state index >= 15 is 0 Å². The minimum atomic E-state index is -0.417. The van der Waals surface area contributed by atoms with Crippen molar-refractivity contribution in [2.75, 3.05) is 10.6 Å². The Morgan fingerprint density at radius 1 is 1.07 bits per heavy atom. The van der Waals surface area contributed by atoms with E-state index in [1.807, 2.05) is 0 Å². The van der Waals surface area contributed by atoms with Crippen molar-refractivity contribution in [3.8, 4) is 0 Å². The third-order valence-corrected chi connectivity index (χ3v) is 6.09. The average molecular weight is 434 g/mol. The first-order valence-corrected chi connectivity index (χ1v) is 11.2. The van der Waals surface area contributed by atoms with Crippen LogP contribution in [0.4, 0.5) is 15.8 Å². The summed E-state index contributed by atoms with van der Waals surface area (Å²) in [5.41, 5.74) is 1.39. The van der Waals surface area contributed by atoms with Crippen molar-refractivity contribution in [3.63, 3.8) is 0 Å². The number of rotatable bonds is 7. The quantitative estimate of drug-likeness (QED) is 0.464. The highest BCUT2D eigenvalue weighted by molar-refractivity contribution is 7.71. The maximum absolute atomic E-state index is 14.9. The number of carbonyl (C=O) groups is 1. The maximum atomic E-state index is 14.9. The standard InChI is InChI=1S/C21H28FN5O2S/c22-16-10-15(20(28)23-12-19-26-27-21(30)29-19)17(24-13-8-4-5-9-13)11-18(16)25-14-6-2-1-3-7-14/h10-11,13-14,24-25H,1-9,12H2,(H,23,28)(H,27,30). The van der Waals surface area contributed by atoms with Gasteiger partial charge < -0.3 is 20.4 Å². The molecule has 0 atom stereocenters. The van der Waals surface area contributed by atoms with Gasteiger partial charge in [0.2, 0.25) is 5.89 Å². The number of benzene rings is 1. The molecule has 2 aliphatic rings. The Labute approximate surface area is 180 Å². The predicted molar refractivity (Wildman–Crippen MR) is 116 cm³/mol. The Balaban J connectivity index is 1.54. The largest absolute Gasteiger partial charge is 0.412 e. The minimum Gasteiger partial charge on any atom is -0.412 e. The van der Waals surface area contributed by atoms with Gasteiger partial charge in [0.05, 0.1) is 17.8 Å². The van der Waals surface area contributed by atoms with E-state index in [2.05, 4.69) is 26.1 Å². The van der Waals surface area contributed by atoms with Gasteiger partial charge in [-0.3, -0.25) is 4.79 Å². The number of carbonyl (C=O) groups excluding carboxylic acids is 1. The summed E-state index contributed by atoms with van der Waals surface area (Å²) in [5.74, 6) is -0.530. The lowest BCUT2D eigenvalue weighted by Crippen LogP contribution is -2.27. The highest BCUT2D eigenvalue weighted by Gasteiger charge is 2.22. The molecule has 1 amide bonds. The summed E-state index contributed by atoms with van der Waals surface area (Å²) in [5, 5.41) is 15.9. The monoisotopic (exact) mass is 433 g/mol. The molecule has 2 aromatic rings. The summed E-state index contributed by atoms with van der Waals surface area (Å²) in [6.45, 7) is 0.0680. The van der Waals surface area contributed by atoms with Gasteiger partial charge in [0, 0.05) is 17.8 Å². The molecule has 9 heteroatoms. The van der Waals surface area contributed by atoms with Gasteiger partial charge >= 0.3 is 0 Å². The first-order chi connectivity index (χ1) is 14.6. The zero-order valence-corrected chi connectivity index (χ0v) is 17.7. The first-order valence-electron chi connectivity index (χ1n) is 10.8. The lowest BCUT2D eigenvalue weighted by Gasteiger charge is -2.25. The topological polar surface area (TPSA) is 95.0 Å². The predicted octanol–water partition coefficient (Wildman–Crippen LogP) is 4.90. The average Bonchev–Trinajstić information content (AvgIpc) is 3.41. The molecule has 162 valence electrons. The van der Waals surface area contributed by atoms with Crippen molar-refractivity contribution < 1.29 is 13.6 Å². The van der Waals surface area contributed by atoms with Crippen LogP contribution >= 0.6 is 12.2 Å². The van der Waals surface area contributed by atoms with Crippen molar-refractivity contribution in [2.24, 2.45) is 0 Å². The molecule has 0 unspecified atom stereocenters. The Morgan fingerprint density at radius 2 is 1.70 bits per heavy atom. The van der Waals surface area contributed by atoms with E-state index in [1.165, 1.54) is 12.5 Å². The molecule has 1 aromatic heterocycles. The number of hydrogen-bond donors (Lipinski definition) is 4. The maximum Gasteiger partial charge on any atom is 0.284 e. The first kappa shape index (κ1) is 20.8. The third-order valence-electron chi connectivity index (χ3n) is 5.91. The van der Waals surface area contributed by atoms with E-state index in [0.29, 0.717) is 17.4 Å². The van der Waals surface area contributed by atoms with Crippen molar-refractivity contribution >= 4 is 29.5 Å². The van der Waals surface area contributed by atoms with Crippen LogP contribution in [0.15, 0.2) is 16.5 Å². The van der Waals surface area contributed by atoms with E-state index in [4.69, 9.17) is 16.6 Å². The van der Waals surface area contributed by atoms with Crippen LogP contribution in [-0.4, -0.2) is 28.2 Å². The number of aromatic amines is 1. The lowest BCUT2D eigenvalue weighted by atomic mass is 9.95. The van der Waals surface area contributed by atoms with Crippen LogP contribution in [0.3, 0.4) is 0 Å². The number of aromatic nitrogens is 2. The molecule has 4 rings (SSSR count). The van der Waals surface area contributed by atoms with Gasteiger partial charge in [0.1, 0.15) is 5.82 Å². The molecule has 1 aromatic carbocycles. The molecule has 1 heterocycles. The molecule has 30 heavy (non-hydrogen) atoms. The molecule has 7 nitrogen and oxygen atoms in total. The normalized spacial score (nSPS) is 17.8. The SMILES string of the molecule is O=C(NCc1n[nH]c(=S)o1)c1cc(F)c(NC2CCCCC2)cc1NC1CCCC1. The highest BCUT2D eigenvalue weighted by atomic mass is 32.1. The van der Waals surface area contributed by atoms with E-state index in [9.17, 15) is 9.18 Å². The minimum absolute atomic E-state index is 0.0680. The van der Waals surface area contributed by atoms with E-state index in [1.54, 1.807) is 6.07 Å². The summed E-state index contributed by atoms with van der Waals surface area (Å²) < 4.78 is 20.1. The molecule has 2 aliphatic carbocycles. The molecule has 0 aliphatic heterocycles. The van der Waals surface area contributed by atoms with Gasteiger partial charge in [-0.05, 0) is 50.0 Å². The van der Waals surface area contributed by atoms with E-state index in [0.717, 1.165) is 51.4 Å². The highest BCUT2D eigenvalue weighted by Crippen LogP contribution is 2.31. The van der Waals surface area contributed by atoms with Crippen LogP contribution in [0.1, 0.15) is 74.0 Å². The molecule has 2 fully saturated rings. The van der Waals surface area contributed by atoms with Crippen molar-refractivity contribution in [3.05, 3.63) is 34.2 Å². The Kier molecular flexibility index (Phi) is 6.66. The summed E-state index contributed by atoms with van der Waals surface area (Å²) in [7, 11) is 0. The lowest BCUT2D eigenvalue weighted by molar-refractivity contribution is 0.0947. The van der Waals surface area contributed by atoms with E-state index < -0.39 is 5.82 Å². The van der Waals surface area contributed by atoms with Gasteiger partial charge in [-0.15, -0.1) is 5.10 Å². The number of nitrogens with one attached hydrogen (secondary N) is 4. The number of anilines is 2. The van der Waals surface area contributed by atoms with Crippen LogP contribution in [0.25, 0.3) is 0 Å². The number of nitrogens with zero attached hydrogens (tertiary/aromatic N) is 1. The molecule has 0 bridgehead atoms. The van der Waals surface area contributed by atoms with Crippen LogP contribution in [0.2, 0.25) is 0 Å². The second kappa shape index (κ2) is 9.59. The molecule has 0 saturated heterocycles. The van der Waals surface area contributed by atoms with Crippen LogP contribution in [0, 0.1) is 10.7 Å². The number of amides is 1. The van der Waals surface area contributed by atoms with Gasteiger partial charge in [-0.25, -0.2) is 9.49 Å². The Hall–Kier alpha value is -2.42. The second-order valence-electron chi connectivity index (χ2n) is 8.17. The molecule has 4 N–H and O–H groups in total. The molecular formula is C21H28FN5O2S. The van der Waals surface area contributed by atoms with E-state index in [-0.39, 0.29) is 34.8 Å². The fourth-order valence-corrected chi connectivity index (χ4v) is 4.48. The van der Waals surface area contributed by atoms with Gasteiger partial charge in [-0.2, -0.15) is 0 Å². The summed E-state index contributed by atoms with van der Waals surface area (Å²) >= 11 is 4.84. The number of hydrogen-bond acceptors (Lipinski definition) is 6. The fraction of sp³-hybridized carbons (Fsp3) is 0.571. The smallest absolute Gasteiger partial charge is 0.284 e. The molecule has 0 radical (unpaired) electrons. The second-order valence-corrected chi connectivity index (χ2v) is 8.54. The number of halogens is 1. The van der Waals surface area contributed by atoms with Gasteiger partial charge in [0.25, 0.3) is 10.7 Å². The van der Waals surface area contributed by atoms with Crippen LogP contribution in [-0.2, 0) is 6.54 Å². The zero-order valence-electron chi connectivity index (χ0n) is 16.9. The Bertz CT molecular complexity index is 932. The van der Waals surface area contributed by atoms with Crippen LogP contribution in [0.5, 0.6) is 0 Å². The third kappa shape index (κ3) is 5.19. The van der Waals surface area contributed by atoms with Crippen molar-refractivity contribution in [1.82, 2.24) is 15.5 Å². The summed E-state index contributed by atoms with van der Waals surface area (Å²) in [4.78, 5) is 13.0. The molecule has 2 saturated carbocycles. The Morgan fingerprint density at radius 3 is 2.33 bits per heavy atom. The summed E-state index contributed by atoms with van der Waals surface area (Å²) in [6.07, 6.45) is 10.1. The summed E-state index contributed by atoms with van der Waals surface area (Å²) in [6, 6.07) is 3.64. The van der Waals surface area contributed by atoms with Crippen LogP contribution < -0.4 is 16.0 Å². The zero-order chi connectivity index (χ0) is 20.9. The fourth-order valence-electron chi connectivity index (χ4n) is 4.34. The van der Waals surface area contributed by atoms with Gasteiger partial charge in [0.15, 0.2) is 0 Å². The van der Waals surface area contributed by atoms with Crippen molar-refractivity contribution in [2.45, 2.75) is 76.4 Å². The van der Waals surface area contributed by atoms with Gasteiger partial charge in [-0.1, -0.05) is 32.1 Å².